The molecule has 20 heavy (non-hydrogen) atoms. The lowest BCUT2D eigenvalue weighted by Gasteiger charge is -2.28. The average molecular weight is 284 g/mol. The average Bonchev–Trinajstić information content (AvgIpc) is 2.86. The van der Waals surface area contributed by atoms with Crippen LogP contribution in [0.15, 0.2) is 65.8 Å². The molecule has 4 nitrogen and oxygen atoms in total. The second-order valence-corrected chi connectivity index (χ2v) is 5.23. The first-order chi connectivity index (χ1) is 9.81. The van der Waals surface area contributed by atoms with E-state index in [9.17, 15) is 0 Å². The molecule has 0 amide bonds. The standard InChI is InChI=1S/C15H16N4S/c1-20-15-17-19(13-10-6-3-7-11-13)14(18(15)16)12-8-4-2-5-9-12/h2-11,14H,16H2,1H3. The van der Waals surface area contributed by atoms with E-state index < -0.39 is 0 Å². The summed E-state index contributed by atoms with van der Waals surface area (Å²) in [6.45, 7) is 0. The minimum atomic E-state index is -0.110. The molecule has 1 aliphatic rings. The fraction of sp³-hybridized carbons (Fsp3) is 0.133. The summed E-state index contributed by atoms with van der Waals surface area (Å²) in [4.78, 5) is 0. The smallest absolute Gasteiger partial charge is 0.199 e. The van der Waals surface area contributed by atoms with Crippen LogP contribution in [0.25, 0.3) is 0 Å². The van der Waals surface area contributed by atoms with Crippen molar-refractivity contribution in [2.24, 2.45) is 10.9 Å². The van der Waals surface area contributed by atoms with Gasteiger partial charge in [0.2, 0.25) is 0 Å². The number of nitrogens with zero attached hydrogens (tertiary/aromatic N) is 3. The van der Waals surface area contributed by atoms with Crippen molar-refractivity contribution in [2.75, 3.05) is 11.3 Å². The summed E-state index contributed by atoms with van der Waals surface area (Å²) in [5.74, 6) is 6.23. The molecule has 0 radical (unpaired) electrons. The fourth-order valence-electron chi connectivity index (χ4n) is 2.27. The molecule has 1 heterocycles. The van der Waals surface area contributed by atoms with Gasteiger partial charge in [0.1, 0.15) is 0 Å². The van der Waals surface area contributed by atoms with Crippen LogP contribution in [0.2, 0.25) is 0 Å². The number of benzene rings is 2. The molecule has 0 bridgehead atoms. The number of nitrogens with two attached hydrogens (primary N) is 1. The highest BCUT2D eigenvalue weighted by atomic mass is 32.2. The molecule has 0 fully saturated rings. The van der Waals surface area contributed by atoms with Crippen LogP contribution < -0.4 is 10.9 Å². The molecule has 1 atom stereocenters. The molecular formula is C15H16N4S. The normalized spacial score (nSPS) is 18.3. The number of para-hydroxylation sites is 1. The van der Waals surface area contributed by atoms with E-state index in [4.69, 9.17) is 5.84 Å². The van der Waals surface area contributed by atoms with Crippen LogP contribution in [-0.4, -0.2) is 16.4 Å². The number of hydrogen-bond acceptors (Lipinski definition) is 5. The van der Waals surface area contributed by atoms with E-state index >= 15 is 0 Å². The third-order valence-electron chi connectivity index (χ3n) is 3.21. The molecule has 0 aliphatic carbocycles. The zero-order valence-electron chi connectivity index (χ0n) is 11.2. The second-order valence-electron chi connectivity index (χ2n) is 4.46. The molecule has 5 heteroatoms. The Balaban J connectivity index is 2.03. The van der Waals surface area contributed by atoms with Gasteiger partial charge in [-0.25, -0.2) is 10.9 Å². The van der Waals surface area contributed by atoms with Crippen LogP contribution in [0.1, 0.15) is 11.7 Å². The Morgan fingerprint density at radius 2 is 1.60 bits per heavy atom. The molecule has 3 rings (SSSR count). The molecule has 0 aromatic heterocycles. The SMILES string of the molecule is CSC1=NN(c2ccccc2)C(c2ccccc2)N1N. The topological polar surface area (TPSA) is 44.9 Å². The van der Waals surface area contributed by atoms with Crippen molar-refractivity contribution in [1.82, 2.24) is 5.01 Å². The van der Waals surface area contributed by atoms with Crippen molar-refractivity contribution in [1.29, 1.82) is 0 Å². The van der Waals surface area contributed by atoms with Gasteiger partial charge in [-0.1, -0.05) is 60.3 Å². The number of hydrazone groups is 1. The Labute approximate surface area is 122 Å². The van der Waals surface area contributed by atoms with E-state index in [2.05, 4.69) is 17.2 Å². The van der Waals surface area contributed by atoms with Gasteiger partial charge in [-0.3, -0.25) is 5.01 Å². The zero-order chi connectivity index (χ0) is 13.9. The van der Waals surface area contributed by atoms with Crippen molar-refractivity contribution in [2.45, 2.75) is 6.17 Å². The lowest BCUT2D eigenvalue weighted by atomic mass is 10.1. The van der Waals surface area contributed by atoms with Gasteiger partial charge >= 0.3 is 0 Å². The summed E-state index contributed by atoms with van der Waals surface area (Å²) in [7, 11) is 0. The number of hydrazine groups is 1. The number of amidine groups is 1. The first kappa shape index (κ1) is 13.0. The summed E-state index contributed by atoms with van der Waals surface area (Å²) >= 11 is 1.55. The largest absolute Gasteiger partial charge is 0.259 e. The van der Waals surface area contributed by atoms with Crippen LogP contribution in [0.3, 0.4) is 0 Å². The Bertz CT molecular complexity index is 600. The minimum Gasteiger partial charge on any atom is -0.259 e. The summed E-state index contributed by atoms with van der Waals surface area (Å²) < 4.78 is 0. The van der Waals surface area contributed by atoms with Crippen molar-refractivity contribution < 1.29 is 0 Å². The van der Waals surface area contributed by atoms with Gasteiger partial charge in [0.05, 0.1) is 5.69 Å². The number of hydrogen-bond donors (Lipinski definition) is 1. The molecule has 1 unspecified atom stereocenters. The molecule has 2 aromatic rings. The van der Waals surface area contributed by atoms with Crippen LogP contribution in [0, 0.1) is 0 Å². The van der Waals surface area contributed by atoms with Crippen molar-refractivity contribution >= 4 is 22.6 Å². The van der Waals surface area contributed by atoms with Gasteiger partial charge < -0.3 is 0 Å². The lowest BCUT2D eigenvalue weighted by Crippen LogP contribution is -2.39. The molecule has 102 valence electrons. The van der Waals surface area contributed by atoms with Crippen molar-refractivity contribution in [3.8, 4) is 0 Å². The van der Waals surface area contributed by atoms with Gasteiger partial charge in [-0.2, -0.15) is 0 Å². The van der Waals surface area contributed by atoms with E-state index in [0.29, 0.717) is 0 Å². The van der Waals surface area contributed by atoms with Gasteiger partial charge in [0, 0.05) is 0 Å². The maximum Gasteiger partial charge on any atom is 0.199 e. The molecule has 1 aliphatic heterocycles. The molecule has 0 spiro atoms. The Kier molecular flexibility index (Phi) is 3.62. The maximum absolute atomic E-state index is 6.23. The minimum absolute atomic E-state index is 0.110. The van der Waals surface area contributed by atoms with E-state index in [-0.39, 0.29) is 6.17 Å². The lowest BCUT2D eigenvalue weighted by molar-refractivity contribution is 0.353. The molecular weight excluding hydrogens is 268 g/mol. The van der Waals surface area contributed by atoms with Crippen molar-refractivity contribution in [3.63, 3.8) is 0 Å². The van der Waals surface area contributed by atoms with Gasteiger partial charge in [0.25, 0.3) is 0 Å². The third-order valence-corrected chi connectivity index (χ3v) is 3.87. The maximum atomic E-state index is 6.23. The molecule has 2 aromatic carbocycles. The van der Waals surface area contributed by atoms with Gasteiger partial charge in [-0.15, -0.1) is 5.10 Å². The summed E-state index contributed by atoms with van der Waals surface area (Å²) in [5.41, 5.74) is 2.15. The first-order valence-electron chi connectivity index (χ1n) is 6.37. The monoisotopic (exact) mass is 284 g/mol. The molecule has 0 saturated heterocycles. The zero-order valence-corrected chi connectivity index (χ0v) is 12.0. The quantitative estimate of drug-likeness (QED) is 0.861. The number of rotatable bonds is 2. The highest BCUT2D eigenvalue weighted by Crippen LogP contribution is 2.35. The molecule has 0 saturated carbocycles. The summed E-state index contributed by atoms with van der Waals surface area (Å²) in [6.07, 6.45) is 1.87. The van der Waals surface area contributed by atoms with Crippen LogP contribution in [0.4, 0.5) is 5.69 Å². The van der Waals surface area contributed by atoms with E-state index in [0.717, 1.165) is 16.4 Å². The second kappa shape index (κ2) is 5.56. The number of anilines is 1. The molecule has 2 N–H and O–H groups in total. The fourth-order valence-corrected chi connectivity index (χ4v) is 2.75. The van der Waals surface area contributed by atoms with Gasteiger partial charge in [0.15, 0.2) is 11.3 Å². The predicted molar refractivity (Wildman–Crippen MR) is 85.1 cm³/mol. The Morgan fingerprint density at radius 3 is 2.20 bits per heavy atom. The van der Waals surface area contributed by atoms with E-state index in [1.165, 1.54) is 0 Å². The van der Waals surface area contributed by atoms with Gasteiger partial charge in [-0.05, 0) is 24.0 Å². The van der Waals surface area contributed by atoms with Crippen molar-refractivity contribution in [3.05, 3.63) is 66.2 Å². The van der Waals surface area contributed by atoms with E-state index in [1.54, 1.807) is 16.8 Å². The van der Waals surface area contributed by atoms with Crippen LogP contribution >= 0.6 is 11.8 Å². The van der Waals surface area contributed by atoms with E-state index in [1.807, 2.05) is 59.8 Å². The van der Waals surface area contributed by atoms with Crippen LogP contribution in [0.5, 0.6) is 0 Å². The Hall–Kier alpha value is -1.98. The predicted octanol–water partition coefficient (Wildman–Crippen LogP) is 3.02. The third kappa shape index (κ3) is 2.26. The highest BCUT2D eigenvalue weighted by molar-refractivity contribution is 8.13. The first-order valence-corrected chi connectivity index (χ1v) is 7.59. The Morgan fingerprint density at radius 1 is 1.00 bits per heavy atom. The summed E-state index contributed by atoms with van der Waals surface area (Å²) in [5, 5.41) is 9.11. The van der Waals surface area contributed by atoms with Crippen LogP contribution in [-0.2, 0) is 0 Å². The summed E-state index contributed by atoms with van der Waals surface area (Å²) in [6, 6.07) is 20.3. The highest BCUT2D eigenvalue weighted by Gasteiger charge is 2.34. The number of thioether (sulfide) groups is 1.